The number of nitrogens with one attached hydrogen (secondary N) is 1. The summed E-state index contributed by atoms with van der Waals surface area (Å²) in [5.41, 5.74) is 5.02. The normalized spacial score (nSPS) is 11.3. The Balaban J connectivity index is 1.83. The minimum Gasteiger partial charge on any atom is -0.277 e. The molecule has 0 atom stereocenters. The van der Waals surface area contributed by atoms with Crippen molar-refractivity contribution in [2.45, 2.75) is 0 Å². The maximum Gasteiger partial charge on any atom is 0.0745 e. The number of fused-ring (bicyclic) bond motifs is 2. The van der Waals surface area contributed by atoms with Crippen molar-refractivity contribution >= 4 is 33.4 Å². The summed E-state index contributed by atoms with van der Waals surface area (Å²) in [6.45, 7) is 0. The van der Waals surface area contributed by atoms with Gasteiger partial charge in [-0.3, -0.25) is 10.4 Å². The van der Waals surface area contributed by atoms with Crippen LogP contribution < -0.4 is 5.43 Å². The summed E-state index contributed by atoms with van der Waals surface area (Å²) in [6, 6.07) is 22.8. The second-order valence-electron chi connectivity index (χ2n) is 5.34. The minimum atomic E-state index is 0.869. The van der Waals surface area contributed by atoms with Crippen molar-refractivity contribution in [2.75, 3.05) is 5.43 Å². The number of pyridine rings is 1. The van der Waals surface area contributed by atoms with Crippen LogP contribution in [0.2, 0.25) is 0 Å². The molecular weight excluding hydrogens is 282 g/mol. The molecule has 3 heteroatoms. The molecule has 0 unspecified atom stereocenters. The topological polar surface area (TPSA) is 37.3 Å². The molecule has 1 heterocycles. The van der Waals surface area contributed by atoms with Crippen molar-refractivity contribution in [3.8, 4) is 0 Å². The van der Waals surface area contributed by atoms with E-state index in [1.807, 2.05) is 18.3 Å². The Morgan fingerprint density at radius 1 is 0.826 bits per heavy atom. The molecule has 0 saturated carbocycles. The lowest BCUT2D eigenvalue weighted by molar-refractivity contribution is 1.27. The fraction of sp³-hybridized carbons (Fsp3) is 0. The van der Waals surface area contributed by atoms with Gasteiger partial charge in [-0.05, 0) is 39.7 Å². The van der Waals surface area contributed by atoms with Crippen LogP contribution in [0.5, 0.6) is 0 Å². The lowest BCUT2D eigenvalue weighted by Crippen LogP contribution is -1.93. The van der Waals surface area contributed by atoms with Crippen molar-refractivity contribution in [1.82, 2.24) is 4.98 Å². The van der Waals surface area contributed by atoms with Gasteiger partial charge in [0.15, 0.2) is 0 Å². The fourth-order valence-electron chi connectivity index (χ4n) is 2.79. The number of hydrazone groups is 1. The van der Waals surface area contributed by atoms with E-state index >= 15 is 0 Å². The highest BCUT2D eigenvalue weighted by Gasteiger charge is 2.05. The predicted octanol–water partition coefficient (Wildman–Crippen LogP) is 4.83. The summed E-state index contributed by atoms with van der Waals surface area (Å²) in [4.78, 5) is 4.07. The van der Waals surface area contributed by atoms with Crippen LogP contribution in [0.1, 0.15) is 5.56 Å². The van der Waals surface area contributed by atoms with E-state index in [2.05, 4.69) is 70.1 Å². The summed E-state index contributed by atoms with van der Waals surface area (Å²) in [5, 5.41) is 9.22. The number of nitrogens with zero attached hydrogens (tertiary/aromatic N) is 2. The molecule has 1 aromatic heterocycles. The zero-order valence-corrected chi connectivity index (χ0v) is 12.5. The van der Waals surface area contributed by atoms with Gasteiger partial charge in [0.05, 0.1) is 18.1 Å². The molecule has 23 heavy (non-hydrogen) atoms. The van der Waals surface area contributed by atoms with E-state index < -0.39 is 0 Å². The smallest absolute Gasteiger partial charge is 0.0745 e. The second-order valence-corrected chi connectivity index (χ2v) is 5.34. The third kappa shape index (κ3) is 2.64. The Kier molecular flexibility index (Phi) is 3.45. The molecule has 110 valence electrons. The summed E-state index contributed by atoms with van der Waals surface area (Å²) in [5.74, 6) is 0. The highest BCUT2D eigenvalue weighted by Crippen LogP contribution is 2.27. The van der Waals surface area contributed by atoms with Gasteiger partial charge in [0, 0.05) is 11.8 Å². The molecular formula is C20H15N3. The monoisotopic (exact) mass is 297 g/mol. The molecule has 0 radical (unpaired) electrons. The van der Waals surface area contributed by atoms with Gasteiger partial charge < -0.3 is 0 Å². The van der Waals surface area contributed by atoms with E-state index in [1.165, 1.54) is 21.5 Å². The van der Waals surface area contributed by atoms with Crippen LogP contribution in [0.15, 0.2) is 84.2 Å². The van der Waals surface area contributed by atoms with Gasteiger partial charge in [-0.1, -0.05) is 48.5 Å². The third-order valence-electron chi connectivity index (χ3n) is 3.86. The van der Waals surface area contributed by atoms with Crippen LogP contribution in [-0.4, -0.2) is 11.2 Å². The summed E-state index contributed by atoms with van der Waals surface area (Å²) < 4.78 is 0. The molecule has 3 nitrogen and oxygen atoms in total. The second kappa shape index (κ2) is 5.89. The summed E-state index contributed by atoms with van der Waals surface area (Å²) in [7, 11) is 0. The Hall–Kier alpha value is -3.20. The average Bonchev–Trinajstić information content (AvgIpc) is 2.62. The van der Waals surface area contributed by atoms with E-state index in [-0.39, 0.29) is 0 Å². The number of anilines is 1. The van der Waals surface area contributed by atoms with Crippen LogP contribution in [0.3, 0.4) is 0 Å². The van der Waals surface area contributed by atoms with Crippen molar-refractivity contribution in [1.29, 1.82) is 0 Å². The Labute approximate surface area is 134 Å². The zero-order chi connectivity index (χ0) is 15.5. The maximum atomic E-state index is 4.40. The van der Waals surface area contributed by atoms with Gasteiger partial charge in [0.2, 0.25) is 0 Å². The first-order chi connectivity index (χ1) is 11.4. The standard InChI is InChI=1S/C20H15N3/c1-3-9-18-15(6-1)12-16-7-2-4-10-19(16)20(18)14-22-23-17-8-5-11-21-13-17/h1-14,23H. The lowest BCUT2D eigenvalue weighted by Gasteiger charge is -2.08. The Bertz CT molecular complexity index is 937. The van der Waals surface area contributed by atoms with Crippen molar-refractivity contribution in [3.63, 3.8) is 0 Å². The minimum absolute atomic E-state index is 0.869. The van der Waals surface area contributed by atoms with Crippen LogP contribution in [0.4, 0.5) is 5.69 Å². The van der Waals surface area contributed by atoms with Crippen molar-refractivity contribution in [3.05, 3.63) is 84.7 Å². The van der Waals surface area contributed by atoms with Crippen LogP contribution in [0, 0.1) is 0 Å². The van der Waals surface area contributed by atoms with Crippen molar-refractivity contribution in [2.24, 2.45) is 5.10 Å². The zero-order valence-electron chi connectivity index (χ0n) is 12.5. The van der Waals surface area contributed by atoms with Gasteiger partial charge in [0.25, 0.3) is 0 Å². The fourth-order valence-corrected chi connectivity index (χ4v) is 2.79. The Morgan fingerprint density at radius 2 is 1.52 bits per heavy atom. The number of hydrogen-bond acceptors (Lipinski definition) is 3. The van der Waals surface area contributed by atoms with Gasteiger partial charge in [-0.15, -0.1) is 0 Å². The molecule has 0 spiro atoms. The summed E-state index contributed by atoms with van der Waals surface area (Å²) >= 11 is 0. The van der Waals surface area contributed by atoms with E-state index in [4.69, 9.17) is 0 Å². The molecule has 0 aliphatic carbocycles. The third-order valence-corrected chi connectivity index (χ3v) is 3.86. The van der Waals surface area contributed by atoms with Gasteiger partial charge in [-0.25, -0.2) is 0 Å². The van der Waals surface area contributed by atoms with Crippen LogP contribution in [0.25, 0.3) is 21.5 Å². The van der Waals surface area contributed by atoms with E-state index in [0.29, 0.717) is 0 Å². The van der Waals surface area contributed by atoms with Gasteiger partial charge in [0.1, 0.15) is 0 Å². The number of aromatic nitrogens is 1. The van der Waals surface area contributed by atoms with E-state index in [1.54, 1.807) is 12.4 Å². The first-order valence-electron chi connectivity index (χ1n) is 7.51. The number of hydrogen-bond donors (Lipinski definition) is 1. The first kappa shape index (κ1) is 13.5. The molecule has 0 fully saturated rings. The Morgan fingerprint density at radius 3 is 2.17 bits per heavy atom. The highest BCUT2D eigenvalue weighted by molar-refractivity contribution is 6.13. The average molecular weight is 297 g/mol. The number of rotatable bonds is 3. The van der Waals surface area contributed by atoms with Gasteiger partial charge >= 0.3 is 0 Å². The molecule has 3 aromatic carbocycles. The molecule has 0 bridgehead atoms. The largest absolute Gasteiger partial charge is 0.277 e. The molecule has 4 rings (SSSR count). The molecule has 4 aromatic rings. The molecule has 0 saturated heterocycles. The maximum absolute atomic E-state index is 4.40. The molecule has 0 aliphatic heterocycles. The molecule has 1 N–H and O–H groups in total. The van der Waals surface area contributed by atoms with E-state index in [0.717, 1.165) is 11.3 Å². The van der Waals surface area contributed by atoms with Crippen LogP contribution >= 0.6 is 0 Å². The quantitative estimate of drug-likeness (QED) is 0.334. The predicted molar refractivity (Wildman–Crippen MR) is 96.9 cm³/mol. The highest BCUT2D eigenvalue weighted by atomic mass is 15.3. The summed E-state index contributed by atoms with van der Waals surface area (Å²) in [6.07, 6.45) is 5.38. The molecule has 0 amide bonds. The molecule has 0 aliphatic rings. The van der Waals surface area contributed by atoms with Crippen molar-refractivity contribution < 1.29 is 0 Å². The SMILES string of the molecule is C(=NNc1cccnc1)c1c2ccccc2cc2ccccc12. The lowest BCUT2D eigenvalue weighted by atomic mass is 9.97. The number of benzene rings is 3. The van der Waals surface area contributed by atoms with Gasteiger partial charge in [-0.2, -0.15) is 5.10 Å². The van der Waals surface area contributed by atoms with Crippen LogP contribution in [-0.2, 0) is 0 Å². The first-order valence-corrected chi connectivity index (χ1v) is 7.51. The van der Waals surface area contributed by atoms with E-state index in [9.17, 15) is 0 Å².